The van der Waals surface area contributed by atoms with Gasteiger partial charge < -0.3 is 20.4 Å². The van der Waals surface area contributed by atoms with Gasteiger partial charge in [0.05, 0.1) is 0 Å². The van der Waals surface area contributed by atoms with Crippen LogP contribution in [0.25, 0.3) is 0 Å². The second kappa shape index (κ2) is 10.4. The number of hydrogen-bond acceptors (Lipinski definition) is 4. The molecule has 4 heteroatoms. The van der Waals surface area contributed by atoms with Crippen LogP contribution < -0.4 is 0 Å². The van der Waals surface area contributed by atoms with Crippen LogP contribution in [0.3, 0.4) is 0 Å². The molecular weight excluding hydrogens is 472 g/mol. The van der Waals surface area contributed by atoms with Crippen LogP contribution in [-0.4, -0.2) is 20.4 Å². The summed E-state index contributed by atoms with van der Waals surface area (Å²) in [5.74, 6) is 1.11. The summed E-state index contributed by atoms with van der Waals surface area (Å²) in [5, 5.41) is 41.4. The molecule has 0 saturated heterocycles. The van der Waals surface area contributed by atoms with Crippen molar-refractivity contribution in [1.82, 2.24) is 0 Å². The molecule has 0 radical (unpaired) electrons. The van der Waals surface area contributed by atoms with E-state index in [-0.39, 0.29) is 16.9 Å². The molecule has 196 valence electrons. The predicted molar refractivity (Wildman–Crippen MR) is 151 cm³/mol. The fourth-order valence-corrected chi connectivity index (χ4v) is 6.09. The van der Waals surface area contributed by atoms with E-state index in [9.17, 15) is 20.4 Å². The SMILES string of the molecule is Cc1cc(C2(c3cc(C)c(O)c(Cc4ccc(O)cc4)c3)CCCCC2)cc(Cc2ccc(O)cc2)c1O. The molecule has 0 unspecified atom stereocenters. The third-order valence-corrected chi connectivity index (χ3v) is 8.23. The molecule has 1 aliphatic carbocycles. The Morgan fingerprint density at radius 2 is 0.947 bits per heavy atom. The van der Waals surface area contributed by atoms with Crippen molar-refractivity contribution in [3.8, 4) is 23.0 Å². The summed E-state index contributed by atoms with van der Waals surface area (Å²) in [4.78, 5) is 0. The maximum atomic E-state index is 11.0. The molecule has 0 aliphatic heterocycles. The molecular formula is C34H36O4. The van der Waals surface area contributed by atoms with Crippen LogP contribution in [0.4, 0.5) is 0 Å². The van der Waals surface area contributed by atoms with Gasteiger partial charge in [-0.2, -0.15) is 0 Å². The van der Waals surface area contributed by atoms with E-state index in [0.717, 1.165) is 59.1 Å². The van der Waals surface area contributed by atoms with Crippen molar-refractivity contribution in [2.24, 2.45) is 0 Å². The smallest absolute Gasteiger partial charge is 0.122 e. The summed E-state index contributed by atoms with van der Waals surface area (Å²) in [7, 11) is 0. The van der Waals surface area contributed by atoms with Crippen molar-refractivity contribution in [2.75, 3.05) is 0 Å². The lowest BCUT2D eigenvalue weighted by Crippen LogP contribution is -2.31. The van der Waals surface area contributed by atoms with Gasteiger partial charge in [0.1, 0.15) is 23.0 Å². The fraction of sp³-hybridized carbons (Fsp3) is 0.294. The second-order valence-electron chi connectivity index (χ2n) is 10.9. The molecule has 4 aromatic rings. The van der Waals surface area contributed by atoms with Gasteiger partial charge in [0, 0.05) is 18.3 Å². The minimum atomic E-state index is -0.206. The lowest BCUT2D eigenvalue weighted by molar-refractivity contribution is 0.344. The molecule has 0 heterocycles. The van der Waals surface area contributed by atoms with E-state index in [4.69, 9.17) is 0 Å². The topological polar surface area (TPSA) is 80.9 Å². The zero-order valence-electron chi connectivity index (χ0n) is 22.2. The van der Waals surface area contributed by atoms with Crippen LogP contribution in [0.1, 0.15) is 76.6 Å². The number of aromatic hydroxyl groups is 4. The minimum absolute atomic E-state index is 0.206. The van der Waals surface area contributed by atoms with Crippen LogP contribution in [0.2, 0.25) is 0 Å². The van der Waals surface area contributed by atoms with Gasteiger partial charge in [-0.3, -0.25) is 0 Å². The molecule has 1 fully saturated rings. The largest absolute Gasteiger partial charge is 0.508 e. The molecule has 5 rings (SSSR count). The van der Waals surface area contributed by atoms with Crippen LogP contribution in [0.5, 0.6) is 23.0 Å². The van der Waals surface area contributed by atoms with E-state index in [0.29, 0.717) is 24.3 Å². The highest BCUT2D eigenvalue weighted by Crippen LogP contribution is 2.48. The number of hydrogen-bond donors (Lipinski definition) is 4. The molecule has 1 saturated carbocycles. The Bertz CT molecular complexity index is 1320. The Hall–Kier alpha value is -3.92. The molecule has 4 nitrogen and oxygen atoms in total. The van der Waals surface area contributed by atoms with Crippen molar-refractivity contribution in [2.45, 2.75) is 64.2 Å². The first-order valence-electron chi connectivity index (χ1n) is 13.5. The molecule has 0 atom stereocenters. The Morgan fingerprint density at radius 1 is 0.553 bits per heavy atom. The lowest BCUT2D eigenvalue weighted by Gasteiger charge is -2.40. The average Bonchev–Trinajstić information content (AvgIpc) is 2.92. The van der Waals surface area contributed by atoms with Gasteiger partial charge in [-0.15, -0.1) is 0 Å². The second-order valence-corrected chi connectivity index (χ2v) is 10.9. The Morgan fingerprint density at radius 3 is 1.34 bits per heavy atom. The van der Waals surface area contributed by atoms with Crippen molar-refractivity contribution >= 4 is 0 Å². The first-order valence-corrected chi connectivity index (χ1v) is 13.5. The van der Waals surface area contributed by atoms with E-state index < -0.39 is 0 Å². The van der Waals surface area contributed by atoms with Gasteiger partial charge in [-0.05, 0) is 95.5 Å². The van der Waals surface area contributed by atoms with Crippen LogP contribution >= 0.6 is 0 Å². The fourth-order valence-electron chi connectivity index (χ4n) is 6.09. The summed E-state index contributed by atoms with van der Waals surface area (Å²) in [6.45, 7) is 3.93. The quantitative estimate of drug-likeness (QED) is 0.217. The van der Waals surface area contributed by atoms with E-state index in [1.165, 1.54) is 17.5 Å². The van der Waals surface area contributed by atoms with Crippen molar-refractivity contribution in [3.05, 3.63) is 117 Å². The minimum Gasteiger partial charge on any atom is -0.508 e. The molecule has 38 heavy (non-hydrogen) atoms. The van der Waals surface area contributed by atoms with Gasteiger partial charge in [0.2, 0.25) is 0 Å². The van der Waals surface area contributed by atoms with Crippen molar-refractivity contribution in [1.29, 1.82) is 0 Å². The van der Waals surface area contributed by atoms with Crippen LogP contribution in [-0.2, 0) is 18.3 Å². The van der Waals surface area contributed by atoms with E-state index in [1.54, 1.807) is 24.3 Å². The summed E-state index contributed by atoms with van der Waals surface area (Å²) in [5.41, 5.74) is 7.77. The first kappa shape index (κ1) is 25.7. The van der Waals surface area contributed by atoms with Gasteiger partial charge in [0.25, 0.3) is 0 Å². The molecule has 1 aliphatic rings. The van der Waals surface area contributed by atoms with E-state index in [2.05, 4.69) is 24.3 Å². The number of aryl methyl sites for hydroxylation is 2. The summed E-state index contributed by atoms with van der Waals surface area (Å²) < 4.78 is 0. The van der Waals surface area contributed by atoms with Gasteiger partial charge in [-0.25, -0.2) is 0 Å². The summed E-state index contributed by atoms with van der Waals surface area (Å²) in [6.07, 6.45) is 6.64. The Kier molecular flexibility index (Phi) is 7.07. The molecule has 0 amide bonds. The average molecular weight is 509 g/mol. The lowest BCUT2D eigenvalue weighted by atomic mass is 9.64. The predicted octanol–water partition coefficient (Wildman–Crippen LogP) is 7.56. The van der Waals surface area contributed by atoms with Crippen molar-refractivity contribution < 1.29 is 20.4 Å². The van der Waals surface area contributed by atoms with Gasteiger partial charge in [0.15, 0.2) is 0 Å². The highest BCUT2D eigenvalue weighted by atomic mass is 16.3. The standard InChI is InChI=1S/C34H36O4/c1-22-16-28(20-26(32(22)37)18-24-6-10-30(35)11-7-24)34(14-4-3-5-15-34)29-17-23(2)33(38)27(21-29)19-25-8-12-31(36)13-9-25/h6-13,16-17,20-21,35-38H,3-5,14-15,18-19H2,1-2H3. The highest BCUT2D eigenvalue weighted by molar-refractivity contribution is 5.54. The zero-order chi connectivity index (χ0) is 26.9. The maximum absolute atomic E-state index is 11.0. The van der Waals surface area contributed by atoms with Crippen molar-refractivity contribution in [3.63, 3.8) is 0 Å². The first-order chi connectivity index (χ1) is 18.2. The molecule has 4 aromatic carbocycles. The molecule has 0 bridgehead atoms. The summed E-state index contributed by atoms with van der Waals surface area (Å²) >= 11 is 0. The Labute approximate surface area is 224 Å². The number of benzene rings is 4. The van der Waals surface area contributed by atoms with E-state index in [1.807, 2.05) is 38.1 Å². The Balaban J connectivity index is 1.60. The number of rotatable bonds is 6. The van der Waals surface area contributed by atoms with Crippen LogP contribution in [0, 0.1) is 13.8 Å². The monoisotopic (exact) mass is 508 g/mol. The summed E-state index contributed by atoms with van der Waals surface area (Å²) in [6, 6.07) is 22.9. The molecule has 0 aromatic heterocycles. The highest BCUT2D eigenvalue weighted by Gasteiger charge is 2.37. The number of phenols is 4. The molecule has 4 N–H and O–H groups in total. The van der Waals surface area contributed by atoms with E-state index >= 15 is 0 Å². The normalized spacial score (nSPS) is 14.9. The third kappa shape index (κ3) is 5.08. The maximum Gasteiger partial charge on any atom is 0.122 e. The van der Waals surface area contributed by atoms with Crippen LogP contribution in [0.15, 0.2) is 72.8 Å². The number of phenolic OH excluding ortho intramolecular Hbond substituents is 4. The zero-order valence-corrected chi connectivity index (χ0v) is 22.2. The molecule has 0 spiro atoms. The van der Waals surface area contributed by atoms with Gasteiger partial charge >= 0.3 is 0 Å². The third-order valence-electron chi connectivity index (χ3n) is 8.23. The van der Waals surface area contributed by atoms with Gasteiger partial charge in [-0.1, -0.05) is 67.8 Å².